The second-order valence-electron chi connectivity index (χ2n) is 13.6. The van der Waals surface area contributed by atoms with Crippen LogP contribution in [-0.4, -0.2) is 40.7 Å². The van der Waals surface area contributed by atoms with E-state index in [9.17, 15) is 0 Å². The summed E-state index contributed by atoms with van der Waals surface area (Å²) in [5, 5.41) is 19.7. The molecule has 0 aliphatic carbocycles. The number of benzene rings is 3. The fraction of sp³-hybridized carbons (Fsp3) is 0.182. The second kappa shape index (κ2) is 40.4. The van der Waals surface area contributed by atoms with Crippen LogP contribution in [0.25, 0.3) is 21.5 Å². The Labute approximate surface area is 465 Å². The van der Waals surface area contributed by atoms with Crippen LogP contribution in [0.1, 0.15) is 47.8 Å². The summed E-state index contributed by atoms with van der Waals surface area (Å²) in [7, 11) is -19.8. The number of rotatable bonds is 12. The van der Waals surface area contributed by atoms with Crippen molar-refractivity contribution in [3.05, 3.63) is 180 Å². The molecule has 7 rings (SSSR count). The van der Waals surface area contributed by atoms with E-state index in [-0.39, 0.29) is 45.1 Å². The SMILES string of the molecule is CC#N.CC#N.O.O.[Cu+2].[Cu+2].[O-][Cl+3]([O-])([O-])[O-].[O-][Cl+3]([O-])([O-])[O-].[O-][Cl+3]([O-])([O-])[O-].[O-][Cl+3]([O-])([O-])[O-].c1ccc(CN(Cc2ccccn2)Cc2c3ccccc3c(CN(Cc3ccccn3)Cc3ccccn3)c3ccccc23)nc1. The molecule has 420 valence electrons. The first-order chi connectivity index (χ1) is 33.6. The third-order valence-electron chi connectivity index (χ3n) is 8.37. The summed E-state index contributed by atoms with van der Waals surface area (Å²) in [5.74, 6) is 0. The van der Waals surface area contributed by atoms with Crippen LogP contribution in [0, 0.1) is 63.6 Å². The maximum absolute atomic E-state index is 8.49. The third kappa shape index (κ3) is 40.4. The molecule has 2 radical (unpaired) electrons. The van der Waals surface area contributed by atoms with Crippen molar-refractivity contribution in [2.45, 2.75) is 53.1 Å². The first-order valence-electron chi connectivity index (χ1n) is 19.7. The Kier molecular flexibility index (Phi) is 41.3. The maximum atomic E-state index is 8.49. The van der Waals surface area contributed by atoms with Crippen molar-refractivity contribution in [3.63, 3.8) is 0 Å². The zero-order valence-corrected chi connectivity index (χ0v) is 44.2. The fourth-order valence-electron chi connectivity index (χ4n) is 6.32. The van der Waals surface area contributed by atoms with E-state index in [1.165, 1.54) is 46.5 Å². The van der Waals surface area contributed by atoms with E-state index < -0.39 is 41.0 Å². The molecule has 0 atom stereocenters. The van der Waals surface area contributed by atoms with E-state index in [4.69, 9.17) is 85.1 Å². The molecular formula is C44H46Cl4Cu2N8O18. The van der Waals surface area contributed by atoms with Crippen molar-refractivity contribution in [1.82, 2.24) is 29.7 Å². The van der Waals surface area contributed by atoms with Crippen LogP contribution < -0.4 is 74.5 Å². The van der Waals surface area contributed by atoms with Gasteiger partial charge in [0, 0.05) is 77.9 Å². The molecule has 0 aliphatic heterocycles. The Bertz CT molecular complexity index is 2310. The third-order valence-corrected chi connectivity index (χ3v) is 8.37. The summed E-state index contributed by atoms with van der Waals surface area (Å²) in [5.41, 5.74) is 6.82. The Morgan fingerprint density at radius 3 is 0.645 bits per heavy atom. The summed E-state index contributed by atoms with van der Waals surface area (Å²) in [6.07, 6.45) is 7.48. The molecule has 0 amide bonds. The number of nitriles is 2. The standard InChI is InChI=1S/C40H36N6.2C2H3N.4ClHO4.2Cu.2H2O/c1-2-18-36-35(17-1)39(29-45(25-31-13-5-9-21-41-31)26-32-14-6-10-22-42-32)37-19-3-4-20-38(37)40(36)30-46(27-33-15-7-11-23-43-33)28-34-16-8-12-24-44-34;2*1-2-3;4*2-1(3,4)5;;;;/h1-24H,25-30H2;2*1H3;4*(H,2,3,4,5);;;2*1H2/q;;;;;;;2*+2;;/p-4. The van der Waals surface area contributed by atoms with Crippen molar-refractivity contribution in [3.8, 4) is 12.1 Å². The second-order valence-corrected chi connectivity index (χ2v) is 16.6. The van der Waals surface area contributed by atoms with Crippen LogP contribution in [0.15, 0.2) is 146 Å². The van der Waals surface area contributed by atoms with Crippen LogP contribution >= 0.6 is 0 Å². The summed E-state index contributed by atoms with van der Waals surface area (Å²) in [6.45, 7) is 7.29. The number of halogens is 4. The fourth-order valence-corrected chi connectivity index (χ4v) is 6.32. The van der Waals surface area contributed by atoms with E-state index in [2.05, 4.69) is 127 Å². The van der Waals surface area contributed by atoms with Gasteiger partial charge in [0.05, 0.1) is 34.9 Å². The molecule has 3 aromatic carbocycles. The van der Waals surface area contributed by atoms with Gasteiger partial charge in [0.2, 0.25) is 0 Å². The first kappa shape index (κ1) is 77.7. The topological polar surface area (TPSA) is 538 Å². The number of pyridine rings is 4. The van der Waals surface area contributed by atoms with E-state index >= 15 is 0 Å². The summed E-state index contributed by atoms with van der Waals surface area (Å²) < 4.78 is 136. The molecule has 4 heterocycles. The van der Waals surface area contributed by atoms with Crippen LogP contribution in [-0.2, 0) is 73.4 Å². The van der Waals surface area contributed by atoms with Crippen LogP contribution in [0.4, 0.5) is 0 Å². The zero-order valence-electron chi connectivity index (χ0n) is 39.3. The molecule has 0 saturated heterocycles. The van der Waals surface area contributed by atoms with Gasteiger partial charge in [-0.25, -0.2) is 74.5 Å². The minimum Gasteiger partial charge on any atom is -0.412 e. The largest absolute Gasteiger partial charge is 2.00 e. The minimum absolute atomic E-state index is 0. The van der Waals surface area contributed by atoms with Gasteiger partial charge in [-0.15, -0.1) is 41.0 Å². The molecule has 7 aromatic rings. The molecule has 76 heavy (non-hydrogen) atoms. The Balaban J connectivity index is -0.000000725. The molecule has 0 bridgehead atoms. The minimum atomic E-state index is -4.94. The maximum Gasteiger partial charge on any atom is 2.00 e. The molecule has 32 heteroatoms. The molecule has 0 spiro atoms. The van der Waals surface area contributed by atoms with Gasteiger partial charge in [-0.05, 0) is 81.2 Å². The predicted molar refractivity (Wildman–Crippen MR) is 214 cm³/mol. The number of hydrogen-bond acceptors (Lipinski definition) is 24. The van der Waals surface area contributed by atoms with Gasteiger partial charge in [0.25, 0.3) is 0 Å². The van der Waals surface area contributed by atoms with Crippen molar-refractivity contribution in [1.29, 1.82) is 10.5 Å². The van der Waals surface area contributed by atoms with Crippen molar-refractivity contribution in [2.24, 2.45) is 0 Å². The van der Waals surface area contributed by atoms with Gasteiger partial charge >= 0.3 is 34.1 Å². The van der Waals surface area contributed by atoms with Gasteiger partial charge in [0.15, 0.2) is 0 Å². The number of fused-ring (bicyclic) bond motifs is 2. The van der Waals surface area contributed by atoms with Crippen molar-refractivity contribution >= 4 is 21.5 Å². The van der Waals surface area contributed by atoms with Crippen LogP contribution in [0.3, 0.4) is 0 Å². The quantitative estimate of drug-likeness (QED) is 0.0809. The molecule has 0 saturated carbocycles. The van der Waals surface area contributed by atoms with Crippen molar-refractivity contribution in [2.75, 3.05) is 0 Å². The van der Waals surface area contributed by atoms with E-state index in [0.29, 0.717) is 0 Å². The Morgan fingerprint density at radius 2 is 0.500 bits per heavy atom. The van der Waals surface area contributed by atoms with Gasteiger partial charge in [-0.2, -0.15) is 10.5 Å². The predicted octanol–water partition coefficient (Wildman–Crippen LogP) is -11.6. The molecular weight excluding hydrogens is 1200 g/mol. The first-order valence-corrected chi connectivity index (χ1v) is 24.6. The zero-order chi connectivity index (χ0) is 54.4. The summed E-state index contributed by atoms with van der Waals surface area (Å²) in [4.78, 5) is 23.6. The van der Waals surface area contributed by atoms with Crippen LogP contribution in [0.5, 0.6) is 0 Å². The van der Waals surface area contributed by atoms with E-state index in [0.717, 1.165) is 62.0 Å². The van der Waals surface area contributed by atoms with Gasteiger partial charge in [-0.1, -0.05) is 72.8 Å². The molecule has 0 fully saturated rings. The number of hydrogen-bond donors (Lipinski definition) is 0. The summed E-state index contributed by atoms with van der Waals surface area (Å²) in [6, 6.07) is 45.8. The average Bonchev–Trinajstić information content (AvgIpc) is 3.27. The smallest absolute Gasteiger partial charge is 0.412 e. The molecule has 26 nitrogen and oxygen atoms in total. The average molecular weight is 1240 g/mol. The Hall–Kier alpha value is -4.84. The summed E-state index contributed by atoms with van der Waals surface area (Å²) >= 11 is 0. The number of aromatic nitrogens is 4. The Morgan fingerprint density at radius 1 is 0.342 bits per heavy atom. The van der Waals surface area contributed by atoms with E-state index in [1.54, 1.807) is 12.1 Å². The molecule has 0 aliphatic rings. The van der Waals surface area contributed by atoms with Crippen molar-refractivity contribution < 1.29 is 161 Å². The van der Waals surface area contributed by atoms with Gasteiger partial charge in [0.1, 0.15) is 0 Å². The number of nitrogens with zero attached hydrogens (tertiary/aromatic N) is 8. The van der Waals surface area contributed by atoms with E-state index in [1.807, 2.05) is 49.1 Å². The molecule has 0 unspecified atom stereocenters. The van der Waals surface area contributed by atoms with Gasteiger partial charge < -0.3 is 11.0 Å². The van der Waals surface area contributed by atoms with Gasteiger partial charge in [-0.3, -0.25) is 29.7 Å². The monoisotopic (exact) mass is 1240 g/mol. The normalized spacial score (nSPS) is 10.3. The molecule has 4 N–H and O–H groups in total. The van der Waals surface area contributed by atoms with Crippen LogP contribution in [0.2, 0.25) is 0 Å². The molecule has 4 aromatic heterocycles.